The maximum Gasteiger partial charge on any atom is 0.410 e. The van der Waals surface area contributed by atoms with Gasteiger partial charge in [0.1, 0.15) is 0 Å². The van der Waals surface area contributed by atoms with Crippen LogP contribution in [0.5, 0.6) is 0 Å². The van der Waals surface area contributed by atoms with E-state index in [1.54, 1.807) is 46.6 Å². The van der Waals surface area contributed by atoms with E-state index in [1.165, 1.54) is 0 Å². The largest absolute Gasteiger partial charge is 0.450 e. The topological polar surface area (TPSA) is 105 Å². The Balaban J connectivity index is 1.29. The predicted octanol–water partition coefficient (Wildman–Crippen LogP) is 4.70. The number of amides is 2. The highest BCUT2D eigenvalue weighted by atomic mass is 16.6. The number of nitrogens with zero attached hydrogens (tertiary/aromatic N) is 6. The number of hydrogen-bond acceptors (Lipinski definition) is 7. The summed E-state index contributed by atoms with van der Waals surface area (Å²) in [7, 11) is 1.73. The number of anilines is 3. The molecular formula is C28H29N7O3. The summed E-state index contributed by atoms with van der Waals surface area (Å²) in [5, 5.41) is 7.79. The molecule has 0 spiro atoms. The lowest BCUT2D eigenvalue weighted by molar-refractivity contribution is 0.0992. The Morgan fingerprint density at radius 3 is 2.63 bits per heavy atom. The normalized spacial score (nSPS) is 13.2. The molecule has 4 aromatic rings. The first kappa shape index (κ1) is 24.9. The Bertz CT molecular complexity index is 1490. The second kappa shape index (κ2) is 10.7. The van der Waals surface area contributed by atoms with Gasteiger partial charge in [0, 0.05) is 48.8 Å². The third-order valence-electron chi connectivity index (χ3n) is 6.42. The minimum atomic E-state index is -0.290. The van der Waals surface area contributed by atoms with Crippen LogP contribution in [0.4, 0.5) is 22.1 Å². The SMILES string of the molecule is CCOC(=O)N1CC=C(c2cccn3nc(Nc4ccc(C(=O)N(C)c5ccc(C)nc5)cc4)nc23)CC1. The number of hydrogen-bond donors (Lipinski definition) is 1. The Labute approximate surface area is 220 Å². The van der Waals surface area contributed by atoms with Crippen molar-refractivity contribution in [3.05, 3.63) is 83.8 Å². The first-order valence-electron chi connectivity index (χ1n) is 12.5. The van der Waals surface area contributed by atoms with E-state index in [9.17, 15) is 9.59 Å². The van der Waals surface area contributed by atoms with Crippen LogP contribution in [0.15, 0.2) is 67.0 Å². The molecule has 0 bridgehead atoms. The highest BCUT2D eigenvalue weighted by molar-refractivity contribution is 6.05. The average Bonchev–Trinajstić information content (AvgIpc) is 3.36. The first-order valence-corrected chi connectivity index (χ1v) is 12.5. The Morgan fingerprint density at radius 2 is 1.95 bits per heavy atom. The van der Waals surface area contributed by atoms with Crippen LogP contribution in [0, 0.1) is 6.92 Å². The lowest BCUT2D eigenvalue weighted by Gasteiger charge is -2.25. The molecule has 3 aromatic heterocycles. The second-order valence-corrected chi connectivity index (χ2v) is 8.97. The predicted molar refractivity (Wildman–Crippen MR) is 146 cm³/mol. The Morgan fingerprint density at radius 1 is 1.13 bits per heavy atom. The van der Waals surface area contributed by atoms with E-state index in [-0.39, 0.29) is 12.0 Å². The van der Waals surface area contributed by atoms with Gasteiger partial charge in [-0.3, -0.25) is 9.78 Å². The molecule has 0 radical (unpaired) electrons. The van der Waals surface area contributed by atoms with E-state index in [1.807, 2.05) is 55.6 Å². The molecule has 5 rings (SSSR count). The van der Waals surface area contributed by atoms with Crippen LogP contribution in [0.2, 0.25) is 0 Å². The van der Waals surface area contributed by atoms with E-state index in [2.05, 4.69) is 15.4 Å². The number of nitrogens with one attached hydrogen (secondary N) is 1. The van der Waals surface area contributed by atoms with Crippen molar-refractivity contribution in [2.45, 2.75) is 20.3 Å². The van der Waals surface area contributed by atoms with Gasteiger partial charge in [0.2, 0.25) is 5.95 Å². The number of fused-ring (bicyclic) bond motifs is 1. The standard InChI is InChI=1S/C28H29N7O3/c1-4-38-28(37)34-16-13-20(14-17-34)24-6-5-15-35-25(24)31-27(32-35)30-22-10-8-21(9-11-22)26(36)33(3)23-12-7-19(2)29-18-23/h5-13,15,18H,4,14,16-17H2,1-3H3,(H,30,32). The lowest BCUT2D eigenvalue weighted by Crippen LogP contribution is -2.35. The van der Waals surface area contributed by atoms with Crippen LogP contribution in [-0.2, 0) is 4.74 Å². The molecule has 4 heterocycles. The van der Waals surface area contributed by atoms with E-state index >= 15 is 0 Å². The third kappa shape index (κ3) is 5.19. The number of carbonyl (C=O) groups excluding carboxylic acids is 2. The smallest absolute Gasteiger partial charge is 0.410 e. The van der Waals surface area contributed by atoms with E-state index in [0.29, 0.717) is 37.6 Å². The highest BCUT2D eigenvalue weighted by Gasteiger charge is 2.21. The van der Waals surface area contributed by atoms with Gasteiger partial charge in [-0.05, 0) is 74.4 Å². The van der Waals surface area contributed by atoms with Crippen molar-refractivity contribution in [3.8, 4) is 0 Å². The number of aryl methyl sites for hydroxylation is 1. The summed E-state index contributed by atoms with van der Waals surface area (Å²) in [4.78, 5) is 37.2. The quantitative estimate of drug-likeness (QED) is 0.400. The third-order valence-corrected chi connectivity index (χ3v) is 6.42. The van der Waals surface area contributed by atoms with Crippen LogP contribution < -0.4 is 10.2 Å². The van der Waals surface area contributed by atoms with Gasteiger partial charge < -0.3 is 19.9 Å². The molecule has 0 fully saturated rings. The van der Waals surface area contributed by atoms with Crippen molar-refractivity contribution in [3.63, 3.8) is 0 Å². The monoisotopic (exact) mass is 511 g/mol. The minimum Gasteiger partial charge on any atom is -0.450 e. The summed E-state index contributed by atoms with van der Waals surface area (Å²) in [5.74, 6) is 0.323. The molecule has 10 heteroatoms. The van der Waals surface area contributed by atoms with E-state index in [0.717, 1.165) is 33.9 Å². The van der Waals surface area contributed by atoms with Gasteiger partial charge in [-0.25, -0.2) is 9.31 Å². The van der Waals surface area contributed by atoms with Crippen molar-refractivity contribution >= 4 is 40.5 Å². The van der Waals surface area contributed by atoms with Crippen molar-refractivity contribution in [2.24, 2.45) is 0 Å². The number of carbonyl (C=O) groups is 2. The van der Waals surface area contributed by atoms with Crippen molar-refractivity contribution in [1.29, 1.82) is 0 Å². The molecule has 0 aliphatic carbocycles. The molecule has 1 N–H and O–H groups in total. The van der Waals surface area contributed by atoms with Gasteiger partial charge in [0.25, 0.3) is 5.91 Å². The van der Waals surface area contributed by atoms with Crippen molar-refractivity contribution in [1.82, 2.24) is 24.5 Å². The molecule has 0 saturated carbocycles. The van der Waals surface area contributed by atoms with Crippen LogP contribution in [0.1, 0.15) is 35.0 Å². The fourth-order valence-corrected chi connectivity index (χ4v) is 4.30. The van der Waals surface area contributed by atoms with Gasteiger partial charge in [0.15, 0.2) is 5.65 Å². The maximum absolute atomic E-state index is 12.9. The summed E-state index contributed by atoms with van der Waals surface area (Å²) >= 11 is 0. The van der Waals surface area contributed by atoms with Gasteiger partial charge in [0.05, 0.1) is 18.5 Å². The minimum absolute atomic E-state index is 0.125. The zero-order chi connectivity index (χ0) is 26.6. The molecule has 2 amide bonds. The summed E-state index contributed by atoms with van der Waals surface area (Å²) in [5.41, 5.74) is 5.77. The van der Waals surface area contributed by atoms with Gasteiger partial charge in [-0.15, -0.1) is 5.10 Å². The Hall–Kier alpha value is -4.73. The summed E-state index contributed by atoms with van der Waals surface area (Å²) in [6, 6.07) is 14.9. The molecule has 194 valence electrons. The van der Waals surface area contributed by atoms with E-state index in [4.69, 9.17) is 9.72 Å². The first-order chi connectivity index (χ1) is 18.4. The number of pyridine rings is 2. The average molecular weight is 512 g/mol. The maximum atomic E-state index is 12.9. The zero-order valence-corrected chi connectivity index (χ0v) is 21.6. The molecule has 10 nitrogen and oxygen atoms in total. The van der Waals surface area contributed by atoms with Crippen LogP contribution in [0.25, 0.3) is 11.2 Å². The van der Waals surface area contributed by atoms with Crippen LogP contribution >= 0.6 is 0 Å². The molecule has 1 aliphatic rings. The van der Waals surface area contributed by atoms with Gasteiger partial charge in [-0.2, -0.15) is 4.98 Å². The summed E-state index contributed by atoms with van der Waals surface area (Å²) in [6.45, 7) is 5.16. The highest BCUT2D eigenvalue weighted by Crippen LogP contribution is 2.27. The second-order valence-electron chi connectivity index (χ2n) is 8.97. The number of ether oxygens (including phenoxy) is 1. The molecule has 38 heavy (non-hydrogen) atoms. The molecule has 1 aromatic carbocycles. The number of rotatable bonds is 6. The Kier molecular flexibility index (Phi) is 7.03. The molecule has 0 saturated heterocycles. The van der Waals surface area contributed by atoms with Crippen LogP contribution in [-0.4, -0.2) is 63.2 Å². The van der Waals surface area contributed by atoms with Crippen molar-refractivity contribution < 1.29 is 14.3 Å². The summed E-state index contributed by atoms with van der Waals surface area (Å²) < 4.78 is 6.84. The lowest BCUT2D eigenvalue weighted by atomic mass is 10.0. The molecular weight excluding hydrogens is 482 g/mol. The zero-order valence-electron chi connectivity index (χ0n) is 21.6. The number of aromatic nitrogens is 4. The van der Waals surface area contributed by atoms with Gasteiger partial charge in [-0.1, -0.05) is 6.08 Å². The fraction of sp³-hybridized carbons (Fsp3) is 0.250. The molecule has 0 atom stereocenters. The van der Waals surface area contributed by atoms with Gasteiger partial charge >= 0.3 is 6.09 Å². The van der Waals surface area contributed by atoms with Crippen LogP contribution in [0.3, 0.4) is 0 Å². The molecule has 0 unspecified atom stereocenters. The summed E-state index contributed by atoms with van der Waals surface area (Å²) in [6.07, 6.45) is 5.99. The number of benzene rings is 1. The fourth-order valence-electron chi connectivity index (χ4n) is 4.30. The van der Waals surface area contributed by atoms with E-state index < -0.39 is 0 Å². The molecule has 1 aliphatic heterocycles. The van der Waals surface area contributed by atoms with Crippen molar-refractivity contribution in [2.75, 3.05) is 37.0 Å².